The number of nitrogens with zero attached hydrogens (tertiary/aromatic N) is 4. The number of aryl methyl sites for hydroxylation is 1. The molecule has 1 aliphatic carbocycles. The topological polar surface area (TPSA) is 111 Å². The Balaban J connectivity index is 1.49. The van der Waals surface area contributed by atoms with Gasteiger partial charge in [0.15, 0.2) is 0 Å². The molecule has 2 heterocycles. The zero-order valence-corrected chi connectivity index (χ0v) is 18.3. The van der Waals surface area contributed by atoms with Crippen molar-refractivity contribution in [1.82, 2.24) is 24.8 Å². The fourth-order valence-electron chi connectivity index (χ4n) is 3.55. The van der Waals surface area contributed by atoms with Gasteiger partial charge in [-0.2, -0.15) is 4.98 Å². The number of aromatic nitrogens is 4. The number of nitrogens with two attached hydrogens (primary N) is 1. The van der Waals surface area contributed by atoms with Crippen molar-refractivity contribution in [2.45, 2.75) is 37.8 Å². The van der Waals surface area contributed by atoms with E-state index >= 15 is 0 Å². The maximum Gasteiger partial charge on any atom is 0.272 e. The Morgan fingerprint density at radius 2 is 2.09 bits per heavy atom. The van der Waals surface area contributed by atoms with Crippen LogP contribution in [0.2, 0.25) is 5.02 Å². The van der Waals surface area contributed by atoms with E-state index < -0.39 is 29.7 Å². The number of hydrogen-bond donors (Lipinski definition) is 3. The molecular formula is C21H21ClF3N7O. The molecule has 0 spiro atoms. The third-order valence-corrected chi connectivity index (χ3v) is 5.47. The average Bonchev–Trinajstić information content (AvgIpc) is 3.21. The Bertz CT molecular complexity index is 1160. The molecule has 0 bridgehead atoms. The van der Waals surface area contributed by atoms with E-state index in [2.05, 4.69) is 25.6 Å². The van der Waals surface area contributed by atoms with Crippen LogP contribution in [0, 0.1) is 12.7 Å². The molecule has 1 aromatic carbocycles. The molecule has 1 atom stereocenters. The normalized spacial score (nSPS) is 16.2. The first-order valence-corrected chi connectivity index (χ1v) is 10.5. The number of halogens is 4. The van der Waals surface area contributed by atoms with Crippen molar-refractivity contribution >= 4 is 23.5 Å². The summed E-state index contributed by atoms with van der Waals surface area (Å²) < 4.78 is 41.4. The molecule has 1 fully saturated rings. The van der Waals surface area contributed by atoms with E-state index in [-0.39, 0.29) is 36.1 Å². The molecule has 4 N–H and O–H groups in total. The largest absolute Gasteiger partial charge is 0.351 e. The number of anilines is 1. The van der Waals surface area contributed by atoms with Gasteiger partial charge in [0.05, 0.1) is 6.04 Å². The summed E-state index contributed by atoms with van der Waals surface area (Å²) in [6, 6.07) is 2.86. The molecular weight excluding hydrogens is 459 g/mol. The summed E-state index contributed by atoms with van der Waals surface area (Å²) in [6.45, 7) is 1.79. The first-order chi connectivity index (χ1) is 15.6. The second kappa shape index (κ2) is 8.99. The second-order valence-corrected chi connectivity index (χ2v) is 8.37. The second-order valence-electron chi connectivity index (χ2n) is 7.94. The summed E-state index contributed by atoms with van der Waals surface area (Å²) in [5, 5.41) is 5.79. The summed E-state index contributed by atoms with van der Waals surface area (Å²) in [6.07, 6.45) is 3.89. The van der Waals surface area contributed by atoms with Crippen molar-refractivity contribution in [3.8, 4) is 5.82 Å². The van der Waals surface area contributed by atoms with Crippen molar-refractivity contribution in [1.29, 1.82) is 0 Å². The monoisotopic (exact) mass is 479 g/mol. The van der Waals surface area contributed by atoms with Crippen molar-refractivity contribution in [2.75, 3.05) is 11.9 Å². The molecule has 1 amide bonds. The van der Waals surface area contributed by atoms with Gasteiger partial charge in [0.2, 0.25) is 5.95 Å². The van der Waals surface area contributed by atoms with Gasteiger partial charge in [0, 0.05) is 48.4 Å². The molecule has 8 nitrogen and oxygen atoms in total. The fourth-order valence-corrected chi connectivity index (χ4v) is 3.78. The van der Waals surface area contributed by atoms with Crippen LogP contribution in [-0.2, 0) is 0 Å². The lowest BCUT2D eigenvalue weighted by atomic mass is 9.88. The number of rotatable bonds is 7. The molecule has 1 aliphatic rings. The van der Waals surface area contributed by atoms with Gasteiger partial charge in [-0.3, -0.25) is 9.36 Å². The molecule has 0 radical (unpaired) electrons. The van der Waals surface area contributed by atoms with Crippen LogP contribution in [0.1, 0.15) is 40.5 Å². The fraction of sp³-hybridized carbons (Fsp3) is 0.333. The summed E-state index contributed by atoms with van der Waals surface area (Å²) in [7, 11) is 0. The molecule has 33 heavy (non-hydrogen) atoms. The van der Waals surface area contributed by atoms with E-state index in [4.69, 9.17) is 17.3 Å². The number of alkyl halides is 2. The summed E-state index contributed by atoms with van der Waals surface area (Å²) in [5.74, 6) is -3.06. The number of carbonyl (C=O) groups excluding carboxylic acids is 1. The Kier molecular flexibility index (Phi) is 6.26. The van der Waals surface area contributed by atoms with Crippen LogP contribution < -0.4 is 16.4 Å². The number of amides is 1. The first kappa shape index (κ1) is 23.0. The zero-order valence-electron chi connectivity index (χ0n) is 17.5. The lowest BCUT2D eigenvalue weighted by Crippen LogP contribution is -2.44. The predicted octanol–water partition coefficient (Wildman–Crippen LogP) is 3.40. The SMILES string of the molecule is Cc1cnc(NC2CC(F)(F)C2)nc1-n1cnc(C(=O)NC(CN)c2cc(F)cc(Cl)c2)c1. The number of benzene rings is 1. The molecule has 1 saturated carbocycles. The highest BCUT2D eigenvalue weighted by molar-refractivity contribution is 6.30. The van der Waals surface area contributed by atoms with Crippen LogP contribution in [0.25, 0.3) is 5.82 Å². The minimum Gasteiger partial charge on any atom is -0.351 e. The highest BCUT2D eigenvalue weighted by Crippen LogP contribution is 2.38. The molecule has 12 heteroatoms. The number of carbonyl (C=O) groups is 1. The van der Waals surface area contributed by atoms with Crippen LogP contribution >= 0.6 is 11.6 Å². The van der Waals surface area contributed by atoms with Gasteiger partial charge < -0.3 is 16.4 Å². The van der Waals surface area contributed by atoms with Crippen LogP contribution in [-0.4, -0.2) is 43.9 Å². The molecule has 2 aromatic heterocycles. The summed E-state index contributed by atoms with van der Waals surface area (Å²) in [4.78, 5) is 25.4. The van der Waals surface area contributed by atoms with Gasteiger partial charge in [0.25, 0.3) is 11.8 Å². The number of imidazole rings is 1. The minimum absolute atomic E-state index is 0.0203. The van der Waals surface area contributed by atoms with Crippen LogP contribution in [0.3, 0.4) is 0 Å². The number of hydrogen-bond acceptors (Lipinski definition) is 6. The quantitative estimate of drug-likeness (QED) is 0.479. The smallest absolute Gasteiger partial charge is 0.272 e. The Morgan fingerprint density at radius 3 is 2.76 bits per heavy atom. The van der Waals surface area contributed by atoms with Crippen molar-refractivity contribution in [3.05, 3.63) is 64.6 Å². The third-order valence-electron chi connectivity index (χ3n) is 5.26. The predicted molar refractivity (Wildman–Crippen MR) is 116 cm³/mol. The lowest BCUT2D eigenvalue weighted by Gasteiger charge is -2.35. The molecule has 4 rings (SSSR count). The maximum atomic E-state index is 13.7. The van der Waals surface area contributed by atoms with E-state index in [1.54, 1.807) is 13.1 Å². The summed E-state index contributed by atoms with van der Waals surface area (Å²) >= 11 is 5.90. The van der Waals surface area contributed by atoms with Gasteiger partial charge in [0.1, 0.15) is 23.7 Å². The molecule has 1 unspecified atom stereocenters. The highest BCUT2D eigenvalue weighted by Gasteiger charge is 2.45. The van der Waals surface area contributed by atoms with E-state index in [1.165, 1.54) is 29.2 Å². The average molecular weight is 480 g/mol. The van der Waals surface area contributed by atoms with Crippen molar-refractivity contribution < 1.29 is 18.0 Å². The van der Waals surface area contributed by atoms with Crippen molar-refractivity contribution in [3.63, 3.8) is 0 Å². The van der Waals surface area contributed by atoms with E-state index in [0.29, 0.717) is 16.9 Å². The van der Waals surface area contributed by atoms with E-state index in [9.17, 15) is 18.0 Å². The molecule has 0 aliphatic heterocycles. The van der Waals surface area contributed by atoms with Gasteiger partial charge in [-0.05, 0) is 30.7 Å². The maximum absolute atomic E-state index is 13.7. The molecule has 3 aromatic rings. The minimum atomic E-state index is -2.66. The van der Waals surface area contributed by atoms with Gasteiger partial charge in [-0.1, -0.05) is 11.6 Å². The van der Waals surface area contributed by atoms with Crippen LogP contribution in [0.4, 0.5) is 19.1 Å². The zero-order chi connectivity index (χ0) is 23.8. The van der Waals surface area contributed by atoms with Crippen LogP contribution in [0.15, 0.2) is 36.9 Å². The number of nitrogens with one attached hydrogen (secondary N) is 2. The third kappa shape index (κ3) is 5.25. The Hall–Kier alpha value is -3.18. The van der Waals surface area contributed by atoms with Gasteiger partial charge >= 0.3 is 0 Å². The van der Waals surface area contributed by atoms with Crippen LogP contribution in [0.5, 0.6) is 0 Å². The standard InChI is InChI=1S/C21H21ClF3N7O/c1-11-8-27-20(29-15-5-21(24,25)6-15)31-18(11)32-9-17(28-10-32)19(33)30-16(7-26)12-2-13(22)4-14(23)3-12/h2-4,8-10,15-16H,5-7,26H2,1H3,(H,30,33)(H,27,29,31). The van der Waals surface area contributed by atoms with E-state index in [0.717, 1.165) is 6.07 Å². The van der Waals surface area contributed by atoms with Gasteiger partial charge in [-0.15, -0.1) is 0 Å². The van der Waals surface area contributed by atoms with E-state index in [1.807, 2.05) is 0 Å². The van der Waals surface area contributed by atoms with Crippen molar-refractivity contribution in [2.24, 2.45) is 5.73 Å². The molecule has 0 saturated heterocycles. The Morgan fingerprint density at radius 1 is 1.33 bits per heavy atom. The first-order valence-electron chi connectivity index (χ1n) is 10.1. The highest BCUT2D eigenvalue weighted by atomic mass is 35.5. The Labute approximate surface area is 192 Å². The van der Waals surface area contributed by atoms with Gasteiger partial charge in [-0.25, -0.2) is 23.1 Å². The lowest BCUT2D eigenvalue weighted by molar-refractivity contribution is -0.0794. The summed E-state index contributed by atoms with van der Waals surface area (Å²) in [5.41, 5.74) is 6.97. The molecule has 174 valence electrons.